The molecule has 0 amide bonds. The van der Waals surface area contributed by atoms with E-state index < -0.39 is 5.97 Å². The lowest BCUT2D eigenvalue weighted by atomic mass is 10.1. The SMILES string of the molecule is Cc1cc(I)c(C(=O)O)c(I)c1. The first-order valence-electron chi connectivity index (χ1n) is 3.21. The van der Waals surface area contributed by atoms with Crippen molar-refractivity contribution in [3.05, 3.63) is 30.4 Å². The van der Waals surface area contributed by atoms with E-state index in [4.69, 9.17) is 5.11 Å². The van der Waals surface area contributed by atoms with E-state index in [1.165, 1.54) is 0 Å². The number of benzene rings is 1. The second kappa shape index (κ2) is 3.91. The second-order valence-corrected chi connectivity index (χ2v) is 4.73. The summed E-state index contributed by atoms with van der Waals surface area (Å²) in [6.07, 6.45) is 0. The zero-order valence-electron chi connectivity index (χ0n) is 6.27. The van der Waals surface area contributed by atoms with Crippen LogP contribution in [0.1, 0.15) is 15.9 Å². The van der Waals surface area contributed by atoms with Crippen LogP contribution in [-0.2, 0) is 0 Å². The highest BCUT2D eigenvalue weighted by Crippen LogP contribution is 2.20. The number of hydrogen-bond donors (Lipinski definition) is 1. The maximum absolute atomic E-state index is 10.7. The van der Waals surface area contributed by atoms with Crippen molar-refractivity contribution in [3.63, 3.8) is 0 Å². The van der Waals surface area contributed by atoms with Crippen molar-refractivity contribution in [1.82, 2.24) is 0 Å². The fourth-order valence-electron chi connectivity index (χ4n) is 0.904. The van der Waals surface area contributed by atoms with Crippen LogP contribution in [0.4, 0.5) is 0 Å². The number of rotatable bonds is 1. The summed E-state index contributed by atoms with van der Waals surface area (Å²) in [4.78, 5) is 10.7. The van der Waals surface area contributed by atoms with Crippen LogP contribution in [0.5, 0.6) is 0 Å². The Kier molecular flexibility index (Phi) is 3.33. The lowest BCUT2D eigenvalue weighted by Crippen LogP contribution is -2.03. The van der Waals surface area contributed by atoms with E-state index in [1.807, 2.05) is 64.2 Å². The molecule has 0 unspecified atom stereocenters. The van der Waals surface area contributed by atoms with Crippen LogP contribution in [0.3, 0.4) is 0 Å². The van der Waals surface area contributed by atoms with Gasteiger partial charge in [0.1, 0.15) is 0 Å². The van der Waals surface area contributed by atoms with Crippen molar-refractivity contribution in [2.75, 3.05) is 0 Å². The van der Waals surface area contributed by atoms with Crippen LogP contribution in [-0.4, -0.2) is 11.1 Å². The van der Waals surface area contributed by atoms with E-state index in [2.05, 4.69) is 0 Å². The van der Waals surface area contributed by atoms with Gasteiger partial charge in [-0.05, 0) is 69.8 Å². The van der Waals surface area contributed by atoms with Gasteiger partial charge in [0.25, 0.3) is 0 Å². The number of hydrogen-bond acceptors (Lipinski definition) is 1. The first-order chi connectivity index (χ1) is 5.52. The molecule has 0 atom stereocenters. The minimum absolute atomic E-state index is 0.404. The lowest BCUT2D eigenvalue weighted by Gasteiger charge is -2.03. The first-order valence-corrected chi connectivity index (χ1v) is 5.37. The van der Waals surface area contributed by atoms with Crippen molar-refractivity contribution in [1.29, 1.82) is 0 Å². The van der Waals surface area contributed by atoms with E-state index >= 15 is 0 Å². The van der Waals surface area contributed by atoms with Gasteiger partial charge < -0.3 is 5.11 Å². The summed E-state index contributed by atoms with van der Waals surface area (Å²) < 4.78 is 1.59. The highest BCUT2D eigenvalue weighted by atomic mass is 127. The largest absolute Gasteiger partial charge is 0.478 e. The molecule has 1 rings (SSSR count). The van der Waals surface area contributed by atoms with Gasteiger partial charge in [0, 0.05) is 7.14 Å². The molecule has 0 aliphatic rings. The first kappa shape index (κ1) is 10.2. The summed E-state index contributed by atoms with van der Waals surface area (Å²) in [6, 6.07) is 3.73. The van der Waals surface area contributed by atoms with E-state index in [0.29, 0.717) is 5.56 Å². The number of aryl methyl sites for hydroxylation is 1. The minimum atomic E-state index is -0.858. The fraction of sp³-hybridized carbons (Fsp3) is 0.125. The highest BCUT2D eigenvalue weighted by Gasteiger charge is 2.12. The average Bonchev–Trinajstić information content (AvgIpc) is 1.82. The molecule has 2 nitrogen and oxygen atoms in total. The number of halogens is 2. The number of aromatic carboxylic acids is 1. The van der Waals surface area contributed by atoms with Gasteiger partial charge in [-0.2, -0.15) is 0 Å². The number of carbonyl (C=O) groups is 1. The predicted octanol–water partition coefficient (Wildman–Crippen LogP) is 2.90. The molecule has 4 heteroatoms. The maximum Gasteiger partial charge on any atom is 0.337 e. The Hall–Kier alpha value is 0.150. The Bertz CT molecular complexity index is 311. The van der Waals surface area contributed by atoms with Crippen molar-refractivity contribution in [2.45, 2.75) is 6.92 Å². The predicted molar refractivity (Wildman–Crippen MR) is 63.6 cm³/mol. The molecule has 1 aromatic rings. The molecule has 1 aromatic carbocycles. The quantitative estimate of drug-likeness (QED) is 0.752. The van der Waals surface area contributed by atoms with Crippen molar-refractivity contribution in [3.8, 4) is 0 Å². The van der Waals surface area contributed by atoms with Gasteiger partial charge in [-0.15, -0.1) is 0 Å². The normalized spacial score (nSPS) is 9.92. The molecule has 0 radical (unpaired) electrons. The molecule has 0 bridgehead atoms. The third kappa shape index (κ3) is 2.09. The topological polar surface area (TPSA) is 37.3 Å². The van der Waals surface area contributed by atoms with Gasteiger partial charge >= 0.3 is 5.97 Å². The van der Waals surface area contributed by atoms with E-state index in [-0.39, 0.29) is 0 Å². The molecule has 0 saturated carbocycles. The summed E-state index contributed by atoms with van der Waals surface area (Å²) in [5.74, 6) is -0.858. The Morgan fingerprint density at radius 3 is 2.08 bits per heavy atom. The Morgan fingerprint density at radius 1 is 1.33 bits per heavy atom. The summed E-state index contributed by atoms with van der Waals surface area (Å²) in [7, 11) is 0. The fourth-order valence-corrected chi connectivity index (χ4v) is 3.45. The Labute approximate surface area is 97.6 Å². The Balaban J connectivity index is 3.38. The molecule has 0 aliphatic heterocycles. The van der Waals surface area contributed by atoms with E-state index in [1.54, 1.807) is 0 Å². The molecule has 0 heterocycles. The lowest BCUT2D eigenvalue weighted by molar-refractivity contribution is 0.0694. The van der Waals surface area contributed by atoms with Gasteiger partial charge in [0.2, 0.25) is 0 Å². The summed E-state index contributed by atoms with van der Waals surface area (Å²) in [5.41, 5.74) is 1.50. The summed E-state index contributed by atoms with van der Waals surface area (Å²) in [6.45, 7) is 1.95. The van der Waals surface area contributed by atoms with Gasteiger partial charge in [-0.1, -0.05) is 0 Å². The van der Waals surface area contributed by atoms with Gasteiger partial charge in [-0.25, -0.2) is 4.79 Å². The van der Waals surface area contributed by atoms with Crippen LogP contribution in [0.2, 0.25) is 0 Å². The third-order valence-electron chi connectivity index (χ3n) is 1.40. The molecule has 0 aromatic heterocycles. The molecular weight excluding hydrogens is 382 g/mol. The maximum atomic E-state index is 10.7. The molecule has 64 valence electrons. The smallest absolute Gasteiger partial charge is 0.337 e. The Morgan fingerprint density at radius 2 is 1.75 bits per heavy atom. The number of carboxylic acid groups (broad SMARTS) is 1. The average molecular weight is 388 g/mol. The van der Waals surface area contributed by atoms with Crippen LogP contribution in [0.15, 0.2) is 12.1 Å². The molecule has 0 saturated heterocycles. The van der Waals surface area contributed by atoms with Crippen molar-refractivity contribution < 1.29 is 9.90 Å². The summed E-state index contributed by atoms with van der Waals surface area (Å²) >= 11 is 4.08. The summed E-state index contributed by atoms with van der Waals surface area (Å²) in [5, 5.41) is 8.83. The van der Waals surface area contributed by atoms with E-state index in [0.717, 1.165) is 12.7 Å². The monoisotopic (exact) mass is 388 g/mol. The van der Waals surface area contributed by atoms with Crippen molar-refractivity contribution in [2.24, 2.45) is 0 Å². The van der Waals surface area contributed by atoms with Gasteiger partial charge in [-0.3, -0.25) is 0 Å². The molecule has 0 aliphatic carbocycles. The van der Waals surface area contributed by atoms with Crippen LogP contribution < -0.4 is 0 Å². The second-order valence-electron chi connectivity index (χ2n) is 2.41. The molecular formula is C8H6I2O2. The standard InChI is InChI=1S/C8H6I2O2/c1-4-2-5(9)7(8(11)12)6(10)3-4/h2-3H,1H3,(H,11,12). The molecule has 1 N–H and O–H groups in total. The molecule has 0 fully saturated rings. The van der Waals surface area contributed by atoms with E-state index in [9.17, 15) is 4.79 Å². The highest BCUT2D eigenvalue weighted by molar-refractivity contribution is 14.1. The third-order valence-corrected chi connectivity index (χ3v) is 3.10. The van der Waals surface area contributed by atoms with Crippen LogP contribution in [0.25, 0.3) is 0 Å². The number of carboxylic acids is 1. The zero-order chi connectivity index (χ0) is 9.30. The van der Waals surface area contributed by atoms with Gasteiger partial charge in [0.15, 0.2) is 0 Å². The van der Waals surface area contributed by atoms with Crippen LogP contribution >= 0.6 is 45.2 Å². The van der Waals surface area contributed by atoms with Gasteiger partial charge in [0.05, 0.1) is 5.56 Å². The van der Waals surface area contributed by atoms with Crippen LogP contribution in [0, 0.1) is 14.1 Å². The molecule has 12 heavy (non-hydrogen) atoms. The zero-order valence-corrected chi connectivity index (χ0v) is 10.6. The minimum Gasteiger partial charge on any atom is -0.478 e. The molecule has 0 spiro atoms. The van der Waals surface area contributed by atoms with Crippen molar-refractivity contribution >= 4 is 51.2 Å².